The summed E-state index contributed by atoms with van der Waals surface area (Å²) in [5.74, 6) is 0.511. The molecule has 0 N–H and O–H groups in total. The van der Waals surface area contributed by atoms with Crippen molar-refractivity contribution in [3.8, 4) is 0 Å². The molecule has 0 spiro atoms. The van der Waals surface area contributed by atoms with Crippen molar-refractivity contribution in [1.29, 1.82) is 0 Å². The standard InChI is InChI=1S/C18H34O4/c1-15(2)11-7-5-9-13-17(19)21-22-18(20)14-10-6-8-12-16(3)4/h15-16H,5-14H2,1-4H3. The predicted octanol–water partition coefficient (Wildman–Crippen LogP) is 5.20. The summed E-state index contributed by atoms with van der Waals surface area (Å²) in [5.41, 5.74) is 0. The van der Waals surface area contributed by atoms with Gasteiger partial charge < -0.3 is 0 Å². The third-order valence-corrected chi connectivity index (χ3v) is 3.55. The first-order chi connectivity index (χ1) is 10.4. The van der Waals surface area contributed by atoms with E-state index in [0.717, 1.165) is 38.5 Å². The highest BCUT2D eigenvalue weighted by Gasteiger charge is 2.09. The van der Waals surface area contributed by atoms with Gasteiger partial charge in [0.05, 0.1) is 12.8 Å². The van der Waals surface area contributed by atoms with Crippen LogP contribution in [0.3, 0.4) is 0 Å². The fraction of sp³-hybridized carbons (Fsp3) is 0.889. The van der Waals surface area contributed by atoms with Crippen LogP contribution in [0.25, 0.3) is 0 Å². The maximum Gasteiger partial charge on any atom is 0.355 e. The van der Waals surface area contributed by atoms with Gasteiger partial charge in [0.15, 0.2) is 0 Å². The third kappa shape index (κ3) is 15.3. The van der Waals surface area contributed by atoms with Gasteiger partial charge in [0.1, 0.15) is 0 Å². The van der Waals surface area contributed by atoms with Crippen molar-refractivity contribution in [2.24, 2.45) is 11.8 Å². The molecule has 0 aromatic rings. The van der Waals surface area contributed by atoms with Gasteiger partial charge in [-0.05, 0) is 24.7 Å². The Morgan fingerprint density at radius 3 is 1.32 bits per heavy atom. The van der Waals surface area contributed by atoms with E-state index >= 15 is 0 Å². The highest BCUT2D eigenvalue weighted by Crippen LogP contribution is 2.11. The highest BCUT2D eigenvalue weighted by atomic mass is 17.2. The van der Waals surface area contributed by atoms with E-state index in [2.05, 4.69) is 37.5 Å². The Labute approximate surface area is 135 Å². The molecule has 0 amide bonds. The second-order valence-corrected chi connectivity index (χ2v) is 6.90. The molecule has 0 unspecified atom stereocenters. The summed E-state index contributed by atoms with van der Waals surface area (Å²) < 4.78 is 0. The van der Waals surface area contributed by atoms with Crippen molar-refractivity contribution < 1.29 is 19.4 Å². The van der Waals surface area contributed by atoms with Crippen LogP contribution in [0.4, 0.5) is 0 Å². The lowest BCUT2D eigenvalue weighted by Gasteiger charge is -2.05. The van der Waals surface area contributed by atoms with Gasteiger partial charge in [-0.3, -0.25) is 0 Å². The van der Waals surface area contributed by atoms with Crippen LogP contribution in [-0.4, -0.2) is 11.9 Å². The SMILES string of the molecule is CC(C)CCCCCC(=O)OOC(=O)CCCCCC(C)C. The topological polar surface area (TPSA) is 52.6 Å². The Balaban J connectivity index is 3.43. The molecule has 4 nitrogen and oxygen atoms in total. The first-order valence-electron chi connectivity index (χ1n) is 8.82. The van der Waals surface area contributed by atoms with Crippen LogP contribution in [0.2, 0.25) is 0 Å². The average Bonchev–Trinajstić information content (AvgIpc) is 2.43. The number of unbranched alkanes of at least 4 members (excludes halogenated alkanes) is 4. The molecule has 0 saturated heterocycles. The van der Waals surface area contributed by atoms with Gasteiger partial charge in [0.2, 0.25) is 0 Å². The van der Waals surface area contributed by atoms with Crippen molar-refractivity contribution in [3.63, 3.8) is 0 Å². The zero-order valence-electron chi connectivity index (χ0n) is 14.9. The van der Waals surface area contributed by atoms with Gasteiger partial charge in [0, 0.05) is 0 Å². The van der Waals surface area contributed by atoms with Crippen LogP contribution in [-0.2, 0) is 19.4 Å². The molecule has 0 bridgehead atoms. The molecule has 0 saturated carbocycles. The summed E-state index contributed by atoms with van der Waals surface area (Å²) in [7, 11) is 0. The van der Waals surface area contributed by atoms with Crippen LogP contribution in [0.5, 0.6) is 0 Å². The van der Waals surface area contributed by atoms with Crippen LogP contribution in [0.15, 0.2) is 0 Å². The number of rotatable bonds is 12. The monoisotopic (exact) mass is 314 g/mol. The Morgan fingerprint density at radius 2 is 1.00 bits per heavy atom. The summed E-state index contributed by atoms with van der Waals surface area (Å²) in [6.45, 7) is 8.76. The average molecular weight is 314 g/mol. The van der Waals surface area contributed by atoms with E-state index in [0.29, 0.717) is 24.7 Å². The molecule has 0 aliphatic carbocycles. The van der Waals surface area contributed by atoms with Gasteiger partial charge in [-0.15, -0.1) is 0 Å². The summed E-state index contributed by atoms with van der Waals surface area (Å²) in [6.07, 6.45) is 8.86. The highest BCUT2D eigenvalue weighted by molar-refractivity contribution is 5.72. The van der Waals surface area contributed by atoms with E-state index < -0.39 is 11.9 Å². The molecule has 0 aliphatic rings. The Kier molecular flexibility index (Phi) is 12.9. The lowest BCUT2D eigenvalue weighted by molar-refractivity contribution is -0.259. The Bertz CT molecular complexity index is 267. The summed E-state index contributed by atoms with van der Waals surface area (Å²) in [4.78, 5) is 31.9. The lowest BCUT2D eigenvalue weighted by Crippen LogP contribution is -2.11. The molecule has 0 atom stereocenters. The molecule has 22 heavy (non-hydrogen) atoms. The normalized spacial score (nSPS) is 11.0. The van der Waals surface area contributed by atoms with E-state index in [4.69, 9.17) is 0 Å². The van der Waals surface area contributed by atoms with E-state index in [1.54, 1.807) is 0 Å². The summed E-state index contributed by atoms with van der Waals surface area (Å²) >= 11 is 0. The van der Waals surface area contributed by atoms with Crippen LogP contribution in [0, 0.1) is 11.8 Å². The first-order valence-corrected chi connectivity index (χ1v) is 8.82. The van der Waals surface area contributed by atoms with Gasteiger partial charge >= 0.3 is 11.9 Å². The van der Waals surface area contributed by atoms with Crippen molar-refractivity contribution in [2.45, 2.75) is 91.9 Å². The smallest absolute Gasteiger partial charge is 0.247 e. The fourth-order valence-corrected chi connectivity index (χ4v) is 2.17. The Morgan fingerprint density at radius 1 is 0.636 bits per heavy atom. The predicted molar refractivity (Wildman–Crippen MR) is 88.0 cm³/mol. The quantitative estimate of drug-likeness (QED) is 0.282. The molecule has 0 rings (SSSR count). The van der Waals surface area contributed by atoms with Gasteiger partial charge in [-0.25, -0.2) is 19.4 Å². The molecule has 4 heteroatoms. The van der Waals surface area contributed by atoms with E-state index in [-0.39, 0.29) is 0 Å². The second-order valence-electron chi connectivity index (χ2n) is 6.90. The molecule has 0 radical (unpaired) electrons. The zero-order valence-corrected chi connectivity index (χ0v) is 14.9. The largest absolute Gasteiger partial charge is 0.355 e. The summed E-state index contributed by atoms with van der Waals surface area (Å²) in [6, 6.07) is 0. The molecule has 0 heterocycles. The first kappa shape index (κ1) is 20.9. The molecule has 0 aliphatic heterocycles. The van der Waals surface area contributed by atoms with Crippen LogP contribution in [0.1, 0.15) is 91.9 Å². The molecular weight excluding hydrogens is 280 g/mol. The van der Waals surface area contributed by atoms with Gasteiger partial charge in [-0.2, -0.15) is 0 Å². The minimum absolute atomic E-state index is 0.319. The van der Waals surface area contributed by atoms with Gasteiger partial charge in [0.25, 0.3) is 0 Å². The van der Waals surface area contributed by atoms with Crippen molar-refractivity contribution in [2.75, 3.05) is 0 Å². The zero-order chi connectivity index (χ0) is 16.8. The second kappa shape index (κ2) is 13.6. The lowest BCUT2D eigenvalue weighted by atomic mass is 10.0. The van der Waals surface area contributed by atoms with Crippen LogP contribution >= 0.6 is 0 Å². The molecule has 0 fully saturated rings. The number of hydrogen-bond donors (Lipinski definition) is 0. The van der Waals surface area contributed by atoms with Crippen LogP contribution < -0.4 is 0 Å². The summed E-state index contributed by atoms with van der Waals surface area (Å²) in [5, 5.41) is 0. The van der Waals surface area contributed by atoms with Crippen molar-refractivity contribution in [3.05, 3.63) is 0 Å². The van der Waals surface area contributed by atoms with Crippen molar-refractivity contribution >= 4 is 11.9 Å². The molecular formula is C18H34O4. The third-order valence-electron chi connectivity index (χ3n) is 3.55. The number of carbonyl (C=O) groups excluding carboxylic acids is 2. The molecule has 0 aromatic carbocycles. The number of carbonyl (C=O) groups is 2. The van der Waals surface area contributed by atoms with E-state index in [1.807, 2.05) is 0 Å². The minimum atomic E-state index is -0.447. The van der Waals surface area contributed by atoms with Crippen molar-refractivity contribution in [1.82, 2.24) is 0 Å². The molecule has 130 valence electrons. The number of hydrogen-bond acceptors (Lipinski definition) is 4. The minimum Gasteiger partial charge on any atom is -0.247 e. The van der Waals surface area contributed by atoms with E-state index in [9.17, 15) is 9.59 Å². The van der Waals surface area contributed by atoms with Gasteiger partial charge in [-0.1, -0.05) is 66.2 Å². The maximum atomic E-state index is 11.4. The molecule has 0 aromatic heterocycles. The Hall–Kier alpha value is -1.06. The fourth-order valence-electron chi connectivity index (χ4n) is 2.17. The maximum absolute atomic E-state index is 11.4. The van der Waals surface area contributed by atoms with E-state index in [1.165, 1.54) is 12.8 Å².